The van der Waals surface area contributed by atoms with Gasteiger partial charge in [-0.15, -0.1) is 0 Å². The predicted molar refractivity (Wildman–Crippen MR) is 83.5 cm³/mol. The Morgan fingerprint density at radius 1 is 1.20 bits per heavy atom. The van der Waals surface area contributed by atoms with E-state index in [4.69, 9.17) is 0 Å². The van der Waals surface area contributed by atoms with Gasteiger partial charge in [-0.05, 0) is 71.9 Å². The Labute approximate surface area is 123 Å². The van der Waals surface area contributed by atoms with Gasteiger partial charge in [0, 0.05) is 18.0 Å². The van der Waals surface area contributed by atoms with Crippen molar-refractivity contribution in [1.82, 2.24) is 10.2 Å². The van der Waals surface area contributed by atoms with Gasteiger partial charge in [0.1, 0.15) is 0 Å². The highest BCUT2D eigenvalue weighted by molar-refractivity contribution is 5.79. The van der Waals surface area contributed by atoms with E-state index in [0.29, 0.717) is 0 Å². The summed E-state index contributed by atoms with van der Waals surface area (Å²) in [5.74, 6) is 1.30. The first-order chi connectivity index (χ1) is 9.44. The molecular formula is C17H30N2O. The van der Waals surface area contributed by atoms with E-state index in [-0.39, 0.29) is 17.4 Å². The molecule has 1 N–H and O–H groups in total. The van der Waals surface area contributed by atoms with Gasteiger partial charge < -0.3 is 10.2 Å². The molecule has 114 valence electrons. The molecule has 0 aromatic rings. The van der Waals surface area contributed by atoms with Crippen LogP contribution in [0.2, 0.25) is 0 Å². The second kappa shape index (κ2) is 6.75. The topological polar surface area (TPSA) is 32.3 Å². The molecule has 0 radical (unpaired) electrons. The Hall–Kier alpha value is -0.830. The van der Waals surface area contributed by atoms with Crippen LogP contribution >= 0.6 is 0 Å². The van der Waals surface area contributed by atoms with Gasteiger partial charge in [0.05, 0.1) is 0 Å². The number of likely N-dealkylation sites (tertiary alicyclic amines) is 1. The molecule has 1 saturated heterocycles. The van der Waals surface area contributed by atoms with Gasteiger partial charge in [0.2, 0.25) is 5.91 Å². The minimum atomic E-state index is -0.108. The van der Waals surface area contributed by atoms with Crippen molar-refractivity contribution in [2.75, 3.05) is 19.6 Å². The average molecular weight is 278 g/mol. The van der Waals surface area contributed by atoms with E-state index in [9.17, 15) is 4.79 Å². The molecule has 3 nitrogen and oxygen atoms in total. The Morgan fingerprint density at radius 3 is 2.45 bits per heavy atom. The number of nitrogens with one attached hydrogen (secondary N) is 1. The zero-order valence-corrected chi connectivity index (χ0v) is 13.3. The van der Waals surface area contributed by atoms with Gasteiger partial charge >= 0.3 is 0 Å². The minimum absolute atomic E-state index is 0.108. The lowest BCUT2D eigenvalue weighted by atomic mass is 9.91. The molecule has 0 saturated carbocycles. The van der Waals surface area contributed by atoms with Crippen molar-refractivity contribution in [2.45, 2.75) is 58.4 Å². The van der Waals surface area contributed by atoms with E-state index in [1.165, 1.54) is 25.8 Å². The van der Waals surface area contributed by atoms with Crippen LogP contribution in [0.4, 0.5) is 0 Å². The molecule has 2 aliphatic rings. The van der Waals surface area contributed by atoms with Gasteiger partial charge in [-0.25, -0.2) is 0 Å². The first-order valence-corrected chi connectivity index (χ1v) is 8.13. The molecule has 0 spiro atoms. The fraction of sp³-hybridized carbons (Fsp3) is 0.824. The Bertz CT molecular complexity index is 348. The molecule has 1 atom stereocenters. The maximum absolute atomic E-state index is 12.2. The van der Waals surface area contributed by atoms with Crippen molar-refractivity contribution in [1.29, 1.82) is 0 Å². The summed E-state index contributed by atoms with van der Waals surface area (Å²) in [4.78, 5) is 14.7. The highest BCUT2D eigenvalue weighted by Crippen LogP contribution is 2.23. The van der Waals surface area contributed by atoms with Crippen molar-refractivity contribution in [2.24, 2.45) is 11.8 Å². The number of rotatable bonds is 3. The normalized spacial score (nSPS) is 25.6. The Morgan fingerprint density at radius 2 is 1.90 bits per heavy atom. The van der Waals surface area contributed by atoms with Crippen LogP contribution in [0.5, 0.6) is 0 Å². The summed E-state index contributed by atoms with van der Waals surface area (Å²) in [5.41, 5.74) is -0.108. The van der Waals surface area contributed by atoms with Crippen LogP contribution in [0, 0.1) is 11.8 Å². The molecule has 1 heterocycles. The number of hydrogen-bond donors (Lipinski definition) is 1. The summed E-state index contributed by atoms with van der Waals surface area (Å²) in [6.07, 6.45) is 10.5. The molecule has 0 aromatic heterocycles. The Kier molecular flexibility index (Phi) is 5.25. The lowest BCUT2D eigenvalue weighted by Gasteiger charge is -2.35. The maximum atomic E-state index is 12.2. The molecule has 1 fully saturated rings. The smallest absolute Gasteiger partial charge is 0.223 e. The maximum Gasteiger partial charge on any atom is 0.223 e. The quantitative estimate of drug-likeness (QED) is 0.805. The first kappa shape index (κ1) is 15.6. The zero-order chi connectivity index (χ0) is 14.6. The van der Waals surface area contributed by atoms with Crippen LogP contribution < -0.4 is 5.32 Å². The molecule has 1 amide bonds. The number of hydrogen-bond acceptors (Lipinski definition) is 2. The van der Waals surface area contributed by atoms with Crippen LogP contribution in [-0.2, 0) is 4.79 Å². The van der Waals surface area contributed by atoms with Crippen molar-refractivity contribution in [3.05, 3.63) is 12.2 Å². The molecule has 0 aromatic carbocycles. The average Bonchev–Trinajstić information content (AvgIpc) is 2.39. The van der Waals surface area contributed by atoms with Gasteiger partial charge in [-0.2, -0.15) is 0 Å². The third kappa shape index (κ3) is 4.93. The summed E-state index contributed by atoms with van der Waals surface area (Å²) >= 11 is 0. The number of piperidine rings is 1. The molecule has 0 unspecified atom stereocenters. The molecular weight excluding hydrogens is 248 g/mol. The van der Waals surface area contributed by atoms with Gasteiger partial charge in [-0.1, -0.05) is 12.2 Å². The monoisotopic (exact) mass is 278 g/mol. The van der Waals surface area contributed by atoms with E-state index in [0.717, 1.165) is 31.8 Å². The largest absolute Gasteiger partial charge is 0.351 e. The molecule has 1 aliphatic carbocycles. The van der Waals surface area contributed by atoms with E-state index < -0.39 is 0 Å². The molecule has 1 aliphatic heterocycles. The van der Waals surface area contributed by atoms with Crippen LogP contribution in [0.1, 0.15) is 52.9 Å². The third-order valence-corrected chi connectivity index (χ3v) is 4.35. The summed E-state index contributed by atoms with van der Waals surface area (Å²) in [7, 11) is 0. The standard InChI is InChI=1S/C17H30N2O/c1-17(2,3)18-16(20)15-9-11-19(12-10-15)13-14-7-5-4-6-8-14/h4-5,14-15H,6-13H2,1-3H3,(H,18,20)/t14-/m0/s1. The third-order valence-electron chi connectivity index (χ3n) is 4.35. The number of carbonyl (C=O) groups is 1. The van der Waals surface area contributed by atoms with Crippen molar-refractivity contribution in [3.63, 3.8) is 0 Å². The molecule has 20 heavy (non-hydrogen) atoms. The van der Waals surface area contributed by atoms with Gasteiger partial charge in [0.25, 0.3) is 0 Å². The van der Waals surface area contributed by atoms with Gasteiger partial charge in [-0.3, -0.25) is 4.79 Å². The molecule has 2 rings (SSSR count). The second-order valence-corrected chi connectivity index (χ2v) is 7.46. The number of allylic oxidation sites excluding steroid dienone is 2. The van der Waals surface area contributed by atoms with Crippen molar-refractivity contribution >= 4 is 5.91 Å². The lowest BCUT2D eigenvalue weighted by Crippen LogP contribution is -2.47. The number of amides is 1. The fourth-order valence-electron chi connectivity index (χ4n) is 3.24. The zero-order valence-electron chi connectivity index (χ0n) is 13.3. The number of nitrogens with zero attached hydrogens (tertiary/aromatic N) is 1. The molecule has 3 heteroatoms. The van der Waals surface area contributed by atoms with E-state index >= 15 is 0 Å². The minimum Gasteiger partial charge on any atom is -0.351 e. The predicted octanol–water partition coefficient (Wildman–Crippen LogP) is 2.97. The summed E-state index contributed by atoms with van der Waals surface area (Å²) in [6.45, 7) is 9.55. The van der Waals surface area contributed by atoms with Crippen LogP contribution in [0.15, 0.2) is 12.2 Å². The lowest BCUT2D eigenvalue weighted by molar-refractivity contribution is -0.127. The number of carbonyl (C=O) groups excluding carboxylic acids is 1. The summed E-state index contributed by atoms with van der Waals surface area (Å²) in [5, 5.41) is 3.12. The van der Waals surface area contributed by atoms with Crippen LogP contribution in [0.3, 0.4) is 0 Å². The first-order valence-electron chi connectivity index (χ1n) is 8.13. The van der Waals surface area contributed by atoms with E-state index in [2.05, 4.69) is 43.1 Å². The van der Waals surface area contributed by atoms with Crippen LogP contribution in [0.25, 0.3) is 0 Å². The van der Waals surface area contributed by atoms with E-state index in [1.807, 2.05) is 0 Å². The van der Waals surface area contributed by atoms with Gasteiger partial charge in [0.15, 0.2) is 0 Å². The van der Waals surface area contributed by atoms with E-state index in [1.54, 1.807) is 0 Å². The Balaban J connectivity index is 1.72. The second-order valence-electron chi connectivity index (χ2n) is 7.46. The summed E-state index contributed by atoms with van der Waals surface area (Å²) < 4.78 is 0. The van der Waals surface area contributed by atoms with Crippen LogP contribution in [-0.4, -0.2) is 36.0 Å². The highest BCUT2D eigenvalue weighted by atomic mass is 16.2. The fourth-order valence-corrected chi connectivity index (χ4v) is 3.24. The molecule has 0 bridgehead atoms. The SMILES string of the molecule is CC(C)(C)NC(=O)C1CCN(C[C@H]2CC=CCC2)CC1. The highest BCUT2D eigenvalue weighted by Gasteiger charge is 2.28. The summed E-state index contributed by atoms with van der Waals surface area (Å²) in [6, 6.07) is 0. The van der Waals surface area contributed by atoms with Crippen molar-refractivity contribution < 1.29 is 4.79 Å². The van der Waals surface area contributed by atoms with Crippen molar-refractivity contribution in [3.8, 4) is 0 Å².